The van der Waals surface area contributed by atoms with Crippen LogP contribution < -0.4 is 11.1 Å². The van der Waals surface area contributed by atoms with Gasteiger partial charge in [-0.3, -0.25) is 0 Å². The first-order valence-electron chi connectivity index (χ1n) is 7.06. The predicted octanol–water partition coefficient (Wildman–Crippen LogP) is 3.00. The van der Waals surface area contributed by atoms with E-state index in [2.05, 4.69) is 29.1 Å². The highest BCUT2D eigenvalue weighted by molar-refractivity contribution is 5.55. The summed E-state index contributed by atoms with van der Waals surface area (Å²) in [5.41, 5.74) is 6.95. The van der Waals surface area contributed by atoms with E-state index in [0.717, 1.165) is 23.7 Å². The van der Waals surface area contributed by atoms with Crippen molar-refractivity contribution < 1.29 is 0 Å². The molecule has 1 heterocycles. The van der Waals surface area contributed by atoms with Crippen LogP contribution in [0.4, 0.5) is 11.6 Å². The van der Waals surface area contributed by atoms with Crippen molar-refractivity contribution in [1.29, 1.82) is 0 Å². The average Bonchev–Trinajstić information content (AvgIpc) is 2.55. The lowest BCUT2D eigenvalue weighted by Gasteiger charge is -2.19. The topological polar surface area (TPSA) is 63.8 Å². The molecule has 1 aliphatic rings. The molecule has 0 amide bonds. The minimum atomic E-state index is 0.537. The van der Waals surface area contributed by atoms with E-state index in [-0.39, 0.29) is 0 Å². The Labute approximate surface area is 109 Å². The number of anilines is 2. The van der Waals surface area contributed by atoms with E-state index in [1.807, 2.05) is 0 Å². The van der Waals surface area contributed by atoms with Gasteiger partial charge in [-0.1, -0.05) is 26.7 Å². The largest absolute Gasteiger partial charge is 0.383 e. The molecule has 1 aromatic rings. The molecule has 0 saturated heterocycles. The van der Waals surface area contributed by atoms with E-state index < -0.39 is 0 Å². The minimum Gasteiger partial charge on any atom is -0.383 e. The lowest BCUT2D eigenvalue weighted by atomic mass is 10.0. The molecule has 3 N–H and O–H groups in total. The van der Waals surface area contributed by atoms with Crippen molar-refractivity contribution in [2.45, 2.75) is 58.4 Å². The van der Waals surface area contributed by atoms with Crippen LogP contribution in [0.1, 0.15) is 51.5 Å². The zero-order chi connectivity index (χ0) is 13.0. The summed E-state index contributed by atoms with van der Waals surface area (Å²) in [5.74, 6) is 2.40. The Hall–Kier alpha value is -1.32. The van der Waals surface area contributed by atoms with Gasteiger partial charge in [-0.15, -0.1) is 0 Å². The van der Waals surface area contributed by atoms with Crippen LogP contribution in [-0.2, 0) is 6.42 Å². The van der Waals surface area contributed by atoms with Crippen molar-refractivity contribution in [2.24, 2.45) is 5.92 Å². The SMILES string of the molecule is CCc1c(N)ncnc1NC1CCCC(C)CC1. The molecular weight excluding hydrogens is 224 g/mol. The van der Waals surface area contributed by atoms with E-state index in [0.29, 0.717) is 11.9 Å². The third-order valence-corrected chi connectivity index (χ3v) is 3.93. The maximum Gasteiger partial charge on any atom is 0.134 e. The second-order valence-electron chi connectivity index (χ2n) is 5.39. The zero-order valence-corrected chi connectivity index (χ0v) is 11.4. The molecule has 18 heavy (non-hydrogen) atoms. The maximum absolute atomic E-state index is 5.90. The normalized spacial score (nSPS) is 24.6. The van der Waals surface area contributed by atoms with E-state index in [1.54, 1.807) is 6.33 Å². The van der Waals surface area contributed by atoms with E-state index in [1.165, 1.54) is 32.1 Å². The van der Waals surface area contributed by atoms with Gasteiger partial charge in [0.1, 0.15) is 18.0 Å². The molecule has 1 saturated carbocycles. The molecule has 0 aromatic carbocycles. The summed E-state index contributed by atoms with van der Waals surface area (Å²) in [6, 6.07) is 0.537. The first-order chi connectivity index (χ1) is 8.70. The minimum absolute atomic E-state index is 0.537. The second-order valence-corrected chi connectivity index (χ2v) is 5.39. The van der Waals surface area contributed by atoms with Crippen LogP contribution in [-0.4, -0.2) is 16.0 Å². The summed E-state index contributed by atoms with van der Waals surface area (Å²) in [4.78, 5) is 8.41. The smallest absolute Gasteiger partial charge is 0.134 e. The van der Waals surface area contributed by atoms with E-state index in [4.69, 9.17) is 5.73 Å². The first-order valence-corrected chi connectivity index (χ1v) is 7.06. The standard InChI is InChI=1S/C14H24N4/c1-3-12-13(15)16-9-17-14(12)18-11-6-4-5-10(2)7-8-11/h9-11H,3-8H2,1-2H3,(H3,15,16,17,18). The van der Waals surface area contributed by atoms with Gasteiger partial charge < -0.3 is 11.1 Å². The fourth-order valence-electron chi connectivity index (χ4n) is 2.72. The van der Waals surface area contributed by atoms with Crippen molar-refractivity contribution in [3.05, 3.63) is 11.9 Å². The highest BCUT2D eigenvalue weighted by atomic mass is 15.1. The number of nitrogens with zero attached hydrogens (tertiary/aromatic N) is 2. The van der Waals surface area contributed by atoms with Crippen molar-refractivity contribution in [3.63, 3.8) is 0 Å². The number of hydrogen-bond donors (Lipinski definition) is 2. The fourth-order valence-corrected chi connectivity index (χ4v) is 2.72. The van der Waals surface area contributed by atoms with Crippen LogP contribution in [0.15, 0.2) is 6.33 Å². The zero-order valence-electron chi connectivity index (χ0n) is 11.4. The lowest BCUT2D eigenvalue weighted by molar-refractivity contribution is 0.501. The maximum atomic E-state index is 5.90. The summed E-state index contributed by atoms with van der Waals surface area (Å²) in [6.45, 7) is 4.44. The van der Waals surface area contributed by atoms with Gasteiger partial charge in [0.15, 0.2) is 0 Å². The van der Waals surface area contributed by atoms with Crippen LogP contribution >= 0.6 is 0 Å². The summed E-state index contributed by atoms with van der Waals surface area (Å²) in [6.07, 6.45) is 8.85. The number of aromatic nitrogens is 2. The van der Waals surface area contributed by atoms with Crippen molar-refractivity contribution in [2.75, 3.05) is 11.1 Å². The van der Waals surface area contributed by atoms with Gasteiger partial charge in [-0.25, -0.2) is 9.97 Å². The Kier molecular flexibility index (Phi) is 4.39. The molecule has 1 aromatic heterocycles. The summed E-state index contributed by atoms with van der Waals surface area (Å²) in [5, 5.41) is 3.57. The lowest BCUT2D eigenvalue weighted by Crippen LogP contribution is -2.21. The van der Waals surface area contributed by atoms with E-state index >= 15 is 0 Å². The first kappa shape index (κ1) is 13.1. The Balaban J connectivity index is 2.06. The Morgan fingerprint density at radius 1 is 1.28 bits per heavy atom. The highest BCUT2D eigenvalue weighted by Gasteiger charge is 2.18. The Morgan fingerprint density at radius 3 is 2.89 bits per heavy atom. The number of rotatable bonds is 3. The van der Waals surface area contributed by atoms with Crippen LogP contribution in [0.5, 0.6) is 0 Å². The van der Waals surface area contributed by atoms with Crippen LogP contribution in [0, 0.1) is 5.92 Å². The predicted molar refractivity (Wildman–Crippen MR) is 75.5 cm³/mol. The molecular formula is C14H24N4. The number of nitrogen functional groups attached to an aromatic ring is 1. The van der Waals surface area contributed by atoms with Crippen molar-refractivity contribution in [3.8, 4) is 0 Å². The van der Waals surface area contributed by atoms with Gasteiger partial charge in [0, 0.05) is 11.6 Å². The molecule has 2 rings (SSSR count). The van der Waals surface area contributed by atoms with Gasteiger partial charge in [-0.2, -0.15) is 0 Å². The molecule has 1 aliphatic carbocycles. The molecule has 0 aliphatic heterocycles. The average molecular weight is 248 g/mol. The molecule has 0 radical (unpaired) electrons. The third kappa shape index (κ3) is 3.12. The monoisotopic (exact) mass is 248 g/mol. The molecule has 4 nitrogen and oxygen atoms in total. The fraction of sp³-hybridized carbons (Fsp3) is 0.714. The van der Waals surface area contributed by atoms with Crippen LogP contribution in [0.25, 0.3) is 0 Å². The molecule has 2 unspecified atom stereocenters. The van der Waals surface area contributed by atoms with Crippen molar-refractivity contribution in [1.82, 2.24) is 9.97 Å². The van der Waals surface area contributed by atoms with Crippen LogP contribution in [0.3, 0.4) is 0 Å². The van der Waals surface area contributed by atoms with Gasteiger partial charge in [0.25, 0.3) is 0 Å². The molecule has 1 fully saturated rings. The van der Waals surface area contributed by atoms with Crippen molar-refractivity contribution >= 4 is 11.6 Å². The second kappa shape index (κ2) is 6.03. The number of hydrogen-bond acceptors (Lipinski definition) is 4. The van der Waals surface area contributed by atoms with Gasteiger partial charge in [-0.05, 0) is 31.6 Å². The van der Waals surface area contributed by atoms with E-state index in [9.17, 15) is 0 Å². The molecule has 4 heteroatoms. The molecule has 0 bridgehead atoms. The highest BCUT2D eigenvalue weighted by Crippen LogP contribution is 2.26. The summed E-state index contributed by atoms with van der Waals surface area (Å²) < 4.78 is 0. The number of nitrogens with two attached hydrogens (primary N) is 1. The Morgan fingerprint density at radius 2 is 2.11 bits per heavy atom. The van der Waals surface area contributed by atoms with Gasteiger partial charge in [0.05, 0.1) is 0 Å². The van der Waals surface area contributed by atoms with Gasteiger partial charge >= 0.3 is 0 Å². The third-order valence-electron chi connectivity index (χ3n) is 3.93. The quantitative estimate of drug-likeness (QED) is 0.807. The summed E-state index contributed by atoms with van der Waals surface area (Å²) >= 11 is 0. The molecule has 0 spiro atoms. The Bertz CT molecular complexity index is 391. The molecule has 100 valence electrons. The number of nitrogens with one attached hydrogen (secondary N) is 1. The van der Waals surface area contributed by atoms with Crippen LogP contribution in [0.2, 0.25) is 0 Å². The summed E-state index contributed by atoms with van der Waals surface area (Å²) in [7, 11) is 0. The van der Waals surface area contributed by atoms with Gasteiger partial charge in [0.2, 0.25) is 0 Å². The molecule has 2 atom stereocenters.